The maximum Gasteiger partial charge on any atom is 0.223 e. The van der Waals surface area contributed by atoms with Gasteiger partial charge < -0.3 is 5.32 Å². The van der Waals surface area contributed by atoms with Crippen molar-refractivity contribution in [3.05, 3.63) is 47.0 Å². The Balaban J connectivity index is 1.88. The van der Waals surface area contributed by atoms with Crippen molar-refractivity contribution < 1.29 is 13.2 Å². The third kappa shape index (κ3) is 5.44. The Morgan fingerprint density at radius 1 is 1.26 bits per heavy atom. The van der Waals surface area contributed by atoms with Crippen LogP contribution in [0.25, 0.3) is 0 Å². The van der Waals surface area contributed by atoms with Crippen LogP contribution in [0.5, 0.6) is 0 Å². The average molecular weight is 401 g/mol. The topological polar surface area (TPSA) is 66.5 Å². The van der Waals surface area contributed by atoms with E-state index in [0.29, 0.717) is 37.0 Å². The van der Waals surface area contributed by atoms with E-state index in [1.54, 1.807) is 0 Å². The van der Waals surface area contributed by atoms with Crippen molar-refractivity contribution in [3.8, 4) is 0 Å². The second-order valence-corrected chi connectivity index (χ2v) is 8.74. The van der Waals surface area contributed by atoms with Gasteiger partial charge in [0.15, 0.2) is 0 Å². The number of carbonyl (C=O) groups excluding carboxylic acids is 1. The van der Waals surface area contributed by atoms with Gasteiger partial charge in [-0.1, -0.05) is 52.8 Å². The Kier molecular flexibility index (Phi) is 6.38. The van der Waals surface area contributed by atoms with Crippen LogP contribution < -0.4 is 5.32 Å². The molecule has 23 heavy (non-hydrogen) atoms. The molecule has 1 fully saturated rings. The van der Waals surface area contributed by atoms with Crippen LogP contribution in [0.2, 0.25) is 0 Å². The normalized spacial score (nSPS) is 16.9. The average Bonchev–Trinajstić information content (AvgIpc) is 2.53. The van der Waals surface area contributed by atoms with Gasteiger partial charge in [0.2, 0.25) is 15.9 Å². The first kappa shape index (κ1) is 18.2. The standard InChI is InChI=1S/C16H21BrN2O3S/c1-13(17)11-18-16(20)15-7-9-19(10-8-15)23(21,22)12-14-5-3-2-4-6-14/h2-6,15H,1,7-12H2,(H,18,20). The lowest BCUT2D eigenvalue weighted by Crippen LogP contribution is -2.43. The summed E-state index contributed by atoms with van der Waals surface area (Å²) in [5.74, 6) is -0.163. The number of benzene rings is 1. The lowest BCUT2D eigenvalue weighted by atomic mass is 9.97. The molecule has 0 aliphatic carbocycles. The maximum atomic E-state index is 12.5. The first-order chi connectivity index (χ1) is 10.9. The first-order valence-electron chi connectivity index (χ1n) is 7.51. The molecule has 7 heteroatoms. The zero-order chi connectivity index (χ0) is 16.9. The van der Waals surface area contributed by atoms with Crippen molar-refractivity contribution in [2.75, 3.05) is 19.6 Å². The van der Waals surface area contributed by atoms with Crippen molar-refractivity contribution in [1.29, 1.82) is 0 Å². The van der Waals surface area contributed by atoms with Crippen molar-refractivity contribution in [1.82, 2.24) is 9.62 Å². The minimum Gasteiger partial charge on any atom is -0.351 e. The van der Waals surface area contributed by atoms with E-state index in [1.807, 2.05) is 30.3 Å². The van der Waals surface area contributed by atoms with Gasteiger partial charge in [0.25, 0.3) is 0 Å². The van der Waals surface area contributed by atoms with Gasteiger partial charge in [0, 0.05) is 30.0 Å². The molecule has 1 aliphatic rings. The van der Waals surface area contributed by atoms with Gasteiger partial charge in [-0.15, -0.1) is 0 Å². The summed E-state index contributed by atoms with van der Waals surface area (Å²) in [5.41, 5.74) is 0.781. The molecule has 1 aliphatic heterocycles. The van der Waals surface area contributed by atoms with Gasteiger partial charge in [-0.3, -0.25) is 4.79 Å². The predicted octanol–water partition coefficient (Wildman–Crippen LogP) is 2.25. The van der Waals surface area contributed by atoms with E-state index in [-0.39, 0.29) is 17.6 Å². The Morgan fingerprint density at radius 2 is 1.87 bits per heavy atom. The summed E-state index contributed by atoms with van der Waals surface area (Å²) in [6.45, 7) is 4.85. The molecule has 1 N–H and O–H groups in total. The molecule has 1 saturated heterocycles. The number of hydrogen-bond donors (Lipinski definition) is 1. The number of nitrogens with zero attached hydrogens (tertiary/aromatic N) is 1. The fourth-order valence-electron chi connectivity index (χ4n) is 2.60. The number of rotatable bonds is 6. The zero-order valence-electron chi connectivity index (χ0n) is 12.9. The molecule has 0 unspecified atom stereocenters. The fraction of sp³-hybridized carbons (Fsp3) is 0.438. The summed E-state index contributed by atoms with van der Waals surface area (Å²) in [6, 6.07) is 9.15. The van der Waals surface area contributed by atoms with Crippen molar-refractivity contribution in [3.63, 3.8) is 0 Å². The summed E-state index contributed by atoms with van der Waals surface area (Å²) in [4.78, 5) is 12.0. The van der Waals surface area contributed by atoms with E-state index in [2.05, 4.69) is 27.8 Å². The molecule has 1 amide bonds. The fourth-order valence-corrected chi connectivity index (χ4v) is 4.30. The zero-order valence-corrected chi connectivity index (χ0v) is 15.3. The molecular formula is C16H21BrN2O3S. The highest BCUT2D eigenvalue weighted by molar-refractivity contribution is 9.11. The van der Waals surface area contributed by atoms with E-state index in [4.69, 9.17) is 0 Å². The number of carbonyl (C=O) groups is 1. The molecule has 1 aromatic carbocycles. The molecule has 2 rings (SSSR count). The van der Waals surface area contributed by atoms with Gasteiger partial charge >= 0.3 is 0 Å². The van der Waals surface area contributed by atoms with Crippen molar-refractivity contribution in [2.24, 2.45) is 5.92 Å². The summed E-state index contributed by atoms with van der Waals surface area (Å²) in [6.07, 6.45) is 1.10. The highest BCUT2D eigenvalue weighted by atomic mass is 79.9. The molecule has 0 radical (unpaired) electrons. The Morgan fingerprint density at radius 3 is 2.43 bits per heavy atom. The molecule has 5 nitrogen and oxygen atoms in total. The summed E-state index contributed by atoms with van der Waals surface area (Å²) >= 11 is 3.20. The SMILES string of the molecule is C=C(Br)CNC(=O)C1CCN(S(=O)(=O)Cc2ccccc2)CC1. The minimum absolute atomic E-state index is 0.00805. The number of sulfonamides is 1. The predicted molar refractivity (Wildman–Crippen MR) is 94.4 cm³/mol. The Labute approximate surface area is 145 Å². The Bertz CT molecular complexity index is 653. The lowest BCUT2D eigenvalue weighted by molar-refractivity contribution is -0.125. The van der Waals surface area contributed by atoms with Crippen LogP contribution in [0.15, 0.2) is 41.4 Å². The smallest absolute Gasteiger partial charge is 0.223 e. The molecular weight excluding hydrogens is 380 g/mol. The van der Waals surface area contributed by atoms with E-state index in [0.717, 1.165) is 5.56 Å². The van der Waals surface area contributed by atoms with E-state index < -0.39 is 10.0 Å². The molecule has 0 bridgehead atoms. The van der Waals surface area contributed by atoms with Crippen LogP contribution in [0.4, 0.5) is 0 Å². The monoisotopic (exact) mass is 400 g/mol. The van der Waals surface area contributed by atoms with Crippen LogP contribution in [0, 0.1) is 5.92 Å². The Hall–Kier alpha value is -1.18. The molecule has 1 heterocycles. The van der Waals surface area contributed by atoms with Crippen LogP contribution in [-0.2, 0) is 20.6 Å². The van der Waals surface area contributed by atoms with E-state index >= 15 is 0 Å². The van der Waals surface area contributed by atoms with Gasteiger partial charge in [0.1, 0.15) is 0 Å². The van der Waals surface area contributed by atoms with Crippen LogP contribution in [-0.4, -0.2) is 38.3 Å². The molecule has 0 aromatic heterocycles. The van der Waals surface area contributed by atoms with Crippen molar-refractivity contribution >= 4 is 31.9 Å². The molecule has 0 atom stereocenters. The maximum absolute atomic E-state index is 12.5. The van der Waals surface area contributed by atoms with E-state index in [9.17, 15) is 13.2 Å². The molecule has 0 spiro atoms. The van der Waals surface area contributed by atoms with E-state index in [1.165, 1.54) is 4.31 Å². The van der Waals surface area contributed by atoms with Gasteiger partial charge in [-0.05, 0) is 18.4 Å². The minimum atomic E-state index is -3.33. The van der Waals surface area contributed by atoms with Crippen molar-refractivity contribution in [2.45, 2.75) is 18.6 Å². The van der Waals surface area contributed by atoms with Crippen LogP contribution >= 0.6 is 15.9 Å². The number of hydrogen-bond acceptors (Lipinski definition) is 3. The first-order valence-corrected chi connectivity index (χ1v) is 9.91. The quantitative estimate of drug-likeness (QED) is 0.795. The molecule has 126 valence electrons. The highest BCUT2D eigenvalue weighted by Gasteiger charge is 2.30. The molecule has 1 aromatic rings. The third-order valence-corrected chi connectivity index (χ3v) is 5.99. The second kappa shape index (κ2) is 8.08. The summed E-state index contributed by atoms with van der Waals surface area (Å²) in [5, 5.41) is 2.79. The summed E-state index contributed by atoms with van der Waals surface area (Å²) < 4.78 is 27.1. The van der Waals surface area contributed by atoms with Gasteiger partial charge in [-0.25, -0.2) is 12.7 Å². The van der Waals surface area contributed by atoms with Gasteiger partial charge in [0.05, 0.1) is 5.75 Å². The number of piperidine rings is 1. The van der Waals surface area contributed by atoms with Crippen LogP contribution in [0.3, 0.4) is 0 Å². The lowest BCUT2D eigenvalue weighted by Gasteiger charge is -2.30. The highest BCUT2D eigenvalue weighted by Crippen LogP contribution is 2.22. The van der Waals surface area contributed by atoms with Gasteiger partial charge in [-0.2, -0.15) is 0 Å². The number of nitrogens with one attached hydrogen (secondary N) is 1. The summed E-state index contributed by atoms with van der Waals surface area (Å²) in [7, 11) is -3.33. The number of amides is 1. The molecule has 0 saturated carbocycles. The third-order valence-electron chi connectivity index (χ3n) is 3.86. The second-order valence-electron chi connectivity index (χ2n) is 5.65. The number of halogens is 1. The largest absolute Gasteiger partial charge is 0.351 e. The van der Waals surface area contributed by atoms with Crippen LogP contribution in [0.1, 0.15) is 18.4 Å².